The van der Waals surface area contributed by atoms with E-state index in [4.69, 9.17) is 5.26 Å². The van der Waals surface area contributed by atoms with Gasteiger partial charge in [0.05, 0.1) is 10.5 Å². The van der Waals surface area contributed by atoms with Crippen molar-refractivity contribution in [3.63, 3.8) is 0 Å². The summed E-state index contributed by atoms with van der Waals surface area (Å²) in [7, 11) is -3.83. The fourth-order valence-corrected chi connectivity index (χ4v) is 4.85. The first kappa shape index (κ1) is 20.8. The average molecular weight is 432 g/mol. The van der Waals surface area contributed by atoms with Crippen molar-refractivity contribution in [3.8, 4) is 6.07 Å². The zero-order chi connectivity index (χ0) is 21.8. The van der Waals surface area contributed by atoms with Crippen LogP contribution in [0.3, 0.4) is 0 Å². The number of fused-ring (bicyclic) bond motifs is 1. The van der Waals surface area contributed by atoms with Crippen LogP contribution in [0.2, 0.25) is 0 Å². The Morgan fingerprint density at radius 1 is 0.968 bits per heavy atom. The molecule has 0 radical (unpaired) electrons. The van der Waals surface area contributed by atoms with Gasteiger partial charge in [-0.25, -0.2) is 13.1 Å². The molecule has 4 rings (SSSR count). The monoisotopic (exact) mass is 431 g/mol. The van der Waals surface area contributed by atoms with E-state index >= 15 is 0 Å². The molecule has 0 atom stereocenters. The van der Waals surface area contributed by atoms with Crippen molar-refractivity contribution in [2.75, 3.05) is 5.32 Å². The number of amides is 1. The summed E-state index contributed by atoms with van der Waals surface area (Å²) < 4.78 is 27.5. The first-order chi connectivity index (χ1) is 15.0. The summed E-state index contributed by atoms with van der Waals surface area (Å²) in [6.45, 7) is 0.0504. The summed E-state index contributed by atoms with van der Waals surface area (Å²) in [6.07, 6.45) is 3.29. The Labute approximate surface area is 181 Å². The molecule has 0 saturated carbocycles. The summed E-state index contributed by atoms with van der Waals surface area (Å²) >= 11 is 0. The molecular formula is C24H21N3O3S. The van der Waals surface area contributed by atoms with Crippen LogP contribution in [0.5, 0.6) is 0 Å². The number of aryl methyl sites for hydroxylation is 2. The highest BCUT2D eigenvalue weighted by Crippen LogP contribution is 2.25. The van der Waals surface area contributed by atoms with Crippen molar-refractivity contribution in [1.82, 2.24) is 4.72 Å². The minimum absolute atomic E-state index is 0.0504. The van der Waals surface area contributed by atoms with E-state index in [1.165, 1.54) is 23.3 Å². The van der Waals surface area contributed by atoms with Crippen LogP contribution in [0.15, 0.2) is 71.6 Å². The number of hydrogen-bond donors (Lipinski definition) is 2. The molecule has 156 valence electrons. The lowest BCUT2D eigenvalue weighted by Crippen LogP contribution is -2.24. The highest BCUT2D eigenvalue weighted by Gasteiger charge is 2.18. The molecule has 1 aliphatic rings. The number of carbonyl (C=O) groups excluding carboxylic acids is 1. The molecule has 3 aromatic carbocycles. The Balaban J connectivity index is 1.40. The summed E-state index contributed by atoms with van der Waals surface area (Å²) in [5.74, 6) is -0.215. The highest BCUT2D eigenvalue weighted by atomic mass is 32.2. The summed E-state index contributed by atoms with van der Waals surface area (Å²) in [6, 6.07) is 20.7. The van der Waals surface area contributed by atoms with Gasteiger partial charge in [-0.1, -0.05) is 30.3 Å². The van der Waals surface area contributed by atoms with Crippen LogP contribution in [0.1, 0.15) is 39.0 Å². The van der Waals surface area contributed by atoms with E-state index in [1.54, 1.807) is 36.4 Å². The average Bonchev–Trinajstić information content (AvgIpc) is 3.26. The topological polar surface area (TPSA) is 99.1 Å². The minimum atomic E-state index is -3.83. The van der Waals surface area contributed by atoms with E-state index in [9.17, 15) is 13.2 Å². The molecule has 0 fully saturated rings. The molecule has 0 spiro atoms. The van der Waals surface area contributed by atoms with Crippen LogP contribution < -0.4 is 10.0 Å². The predicted molar refractivity (Wildman–Crippen MR) is 118 cm³/mol. The molecular weight excluding hydrogens is 410 g/mol. The zero-order valence-electron chi connectivity index (χ0n) is 16.8. The first-order valence-electron chi connectivity index (χ1n) is 9.97. The van der Waals surface area contributed by atoms with Gasteiger partial charge in [0, 0.05) is 17.8 Å². The third-order valence-corrected chi connectivity index (χ3v) is 6.80. The fraction of sp³-hybridized carbons (Fsp3) is 0.167. The maximum atomic E-state index is 12.5. The third-order valence-electron chi connectivity index (χ3n) is 5.34. The third kappa shape index (κ3) is 4.66. The Morgan fingerprint density at radius 3 is 2.48 bits per heavy atom. The van der Waals surface area contributed by atoms with Gasteiger partial charge in [-0.3, -0.25) is 4.79 Å². The van der Waals surface area contributed by atoms with E-state index in [2.05, 4.69) is 16.1 Å². The largest absolute Gasteiger partial charge is 0.322 e. The molecule has 0 aromatic heterocycles. The van der Waals surface area contributed by atoms with E-state index < -0.39 is 10.0 Å². The lowest BCUT2D eigenvalue weighted by Gasteiger charge is -2.10. The Morgan fingerprint density at radius 2 is 1.71 bits per heavy atom. The molecule has 2 N–H and O–H groups in total. The number of anilines is 1. The predicted octanol–water partition coefficient (Wildman–Crippen LogP) is 3.78. The molecule has 1 amide bonds. The molecule has 0 bridgehead atoms. The van der Waals surface area contributed by atoms with Crippen molar-refractivity contribution in [1.29, 1.82) is 5.26 Å². The van der Waals surface area contributed by atoms with Gasteiger partial charge in [0.1, 0.15) is 6.07 Å². The Hall–Kier alpha value is -3.47. The molecule has 1 aliphatic carbocycles. The second kappa shape index (κ2) is 8.72. The van der Waals surface area contributed by atoms with Crippen molar-refractivity contribution in [2.24, 2.45) is 0 Å². The number of sulfonamides is 1. The van der Waals surface area contributed by atoms with Gasteiger partial charge < -0.3 is 5.32 Å². The summed E-state index contributed by atoms with van der Waals surface area (Å²) in [4.78, 5) is 12.5. The molecule has 6 nitrogen and oxygen atoms in total. The molecule has 7 heteroatoms. The number of nitrogens with zero attached hydrogens (tertiary/aromatic N) is 1. The Bertz CT molecular complexity index is 1280. The van der Waals surface area contributed by atoms with E-state index in [1.807, 2.05) is 18.2 Å². The molecule has 3 aromatic rings. The van der Waals surface area contributed by atoms with Gasteiger partial charge in [-0.2, -0.15) is 5.26 Å². The number of rotatable bonds is 6. The van der Waals surface area contributed by atoms with E-state index in [-0.39, 0.29) is 22.9 Å². The maximum Gasteiger partial charge on any atom is 0.255 e. The van der Waals surface area contributed by atoms with Crippen LogP contribution in [0.25, 0.3) is 0 Å². The zero-order valence-corrected chi connectivity index (χ0v) is 17.6. The molecule has 0 heterocycles. The first-order valence-corrected chi connectivity index (χ1v) is 11.5. The van der Waals surface area contributed by atoms with Gasteiger partial charge in [0.25, 0.3) is 5.91 Å². The lowest BCUT2D eigenvalue weighted by molar-refractivity contribution is 0.102. The van der Waals surface area contributed by atoms with Crippen molar-refractivity contribution >= 4 is 21.6 Å². The SMILES string of the molecule is N#Cc1ccccc1S(=O)(=O)NCc1ccc(C(=O)Nc2ccc3c(c2)CCC3)cc1. The standard InChI is InChI=1S/C24H21N3O3S/c25-15-21-4-1-2-7-23(21)31(29,30)26-16-17-8-10-19(11-9-17)24(28)27-22-13-12-18-5-3-6-20(18)14-22/h1-2,4,7-14,26H,3,5-6,16H2,(H,27,28). The second-order valence-corrected chi connectivity index (χ2v) is 9.16. The van der Waals surface area contributed by atoms with Crippen molar-refractivity contribution in [2.45, 2.75) is 30.7 Å². The fourth-order valence-electron chi connectivity index (χ4n) is 3.68. The molecule has 0 saturated heterocycles. The van der Waals surface area contributed by atoms with Crippen LogP contribution in [-0.4, -0.2) is 14.3 Å². The van der Waals surface area contributed by atoms with Gasteiger partial charge >= 0.3 is 0 Å². The number of carbonyl (C=O) groups is 1. The van der Waals surface area contributed by atoms with Gasteiger partial charge in [-0.15, -0.1) is 0 Å². The smallest absolute Gasteiger partial charge is 0.255 e. The van der Waals surface area contributed by atoms with Crippen molar-refractivity contribution in [3.05, 3.63) is 94.5 Å². The molecule has 0 aliphatic heterocycles. The minimum Gasteiger partial charge on any atom is -0.322 e. The van der Waals surface area contributed by atoms with Gasteiger partial charge in [0.15, 0.2) is 0 Å². The number of nitriles is 1. The Kier molecular flexibility index (Phi) is 5.85. The van der Waals surface area contributed by atoms with Gasteiger partial charge in [-0.05, 0) is 72.4 Å². The number of nitrogens with one attached hydrogen (secondary N) is 2. The normalized spacial score (nSPS) is 12.7. The van der Waals surface area contributed by atoms with Gasteiger partial charge in [0.2, 0.25) is 10.0 Å². The van der Waals surface area contributed by atoms with Crippen molar-refractivity contribution < 1.29 is 13.2 Å². The van der Waals surface area contributed by atoms with Crippen LogP contribution in [0, 0.1) is 11.3 Å². The highest BCUT2D eigenvalue weighted by molar-refractivity contribution is 7.89. The lowest BCUT2D eigenvalue weighted by atomic mass is 10.1. The maximum absolute atomic E-state index is 12.5. The summed E-state index contributed by atoms with van der Waals surface area (Å²) in [5.41, 5.74) is 4.70. The summed E-state index contributed by atoms with van der Waals surface area (Å²) in [5, 5.41) is 12.0. The number of benzene rings is 3. The van der Waals surface area contributed by atoms with E-state index in [0.29, 0.717) is 11.1 Å². The molecule has 31 heavy (non-hydrogen) atoms. The van der Waals surface area contributed by atoms with Crippen LogP contribution >= 0.6 is 0 Å². The second-order valence-electron chi connectivity index (χ2n) is 7.42. The van der Waals surface area contributed by atoms with E-state index in [0.717, 1.165) is 24.9 Å². The van der Waals surface area contributed by atoms with Crippen LogP contribution in [-0.2, 0) is 29.4 Å². The number of hydrogen-bond acceptors (Lipinski definition) is 4. The molecule has 0 unspecified atom stereocenters. The van der Waals surface area contributed by atoms with Crippen LogP contribution in [0.4, 0.5) is 5.69 Å². The quantitative estimate of drug-likeness (QED) is 0.620.